The van der Waals surface area contributed by atoms with Crippen molar-refractivity contribution in [2.24, 2.45) is 0 Å². The van der Waals surface area contributed by atoms with E-state index >= 15 is 0 Å². The van der Waals surface area contributed by atoms with Gasteiger partial charge in [0.15, 0.2) is 0 Å². The Morgan fingerprint density at radius 1 is 0.933 bits per heavy atom. The van der Waals surface area contributed by atoms with Crippen LogP contribution in [0.3, 0.4) is 0 Å². The number of ether oxygens (including phenoxy) is 1. The molecule has 2 aromatic heterocycles. The SMILES string of the molecule is CCc1cccc2cccc(N3CCc4c(nc(OCC56CCCN5CCC6)nc4N4CCn5nc(P(C)(C)=O)cc5C4)C3)c12. The molecule has 0 spiro atoms. The molecular formula is C35H44N7O2P. The van der Waals surface area contributed by atoms with Gasteiger partial charge in [0.1, 0.15) is 25.0 Å². The first-order valence-electron chi connectivity index (χ1n) is 16.7. The predicted octanol–water partition coefficient (Wildman–Crippen LogP) is 5.23. The second-order valence-corrected chi connectivity index (χ2v) is 16.9. The molecule has 0 unspecified atom stereocenters. The molecule has 0 aliphatic carbocycles. The first kappa shape index (κ1) is 29.0. The summed E-state index contributed by atoms with van der Waals surface area (Å²) >= 11 is 0. The van der Waals surface area contributed by atoms with Crippen LogP contribution in [0.2, 0.25) is 0 Å². The monoisotopic (exact) mass is 625 g/mol. The molecule has 2 fully saturated rings. The van der Waals surface area contributed by atoms with E-state index in [4.69, 9.17) is 19.8 Å². The van der Waals surface area contributed by atoms with Crippen LogP contribution in [0.1, 0.15) is 55.1 Å². The molecule has 0 atom stereocenters. The maximum absolute atomic E-state index is 12.8. The third kappa shape index (κ3) is 5.12. The predicted molar refractivity (Wildman–Crippen MR) is 181 cm³/mol. The number of aryl methyl sites for hydroxylation is 1. The average molecular weight is 626 g/mol. The molecule has 236 valence electrons. The fraction of sp³-hybridized carbons (Fsp3) is 0.514. The van der Waals surface area contributed by atoms with E-state index in [0.717, 1.165) is 56.2 Å². The second-order valence-electron chi connectivity index (χ2n) is 13.8. The van der Waals surface area contributed by atoms with Crippen molar-refractivity contribution in [2.75, 3.05) is 55.9 Å². The van der Waals surface area contributed by atoms with Gasteiger partial charge < -0.3 is 19.1 Å². The van der Waals surface area contributed by atoms with Crippen molar-refractivity contribution in [3.8, 4) is 6.01 Å². The van der Waals surface area contributed by atoms with Crippen LogP contribution >= 0.6 is 7.14 Å². The maximum Gasteiger partial charge on any atom is 0.318 e. The third-order valence-electron chi connectivity index (χ3n) is 10.6. The van der Waals surface area contributed by atoms with Crippen molar-refractivity contribution < 1.29 is 9.30 Å². The number of nitrogens with zero attached hydrogens (tertiary/aromatic N) is 7. The summed E-state index contributed by atoms with van der Waals surface area (Å²) < 4.78 is 21.4. The highest BCUT2D eigenvalue weighted by molar-refractivity contribution is 7.69. The standard InChI is InChI=1S/C35H44N7O2P/c1-4-25-9-5-10-26-11-6-12-30(32(25)26)39-18-13-28-29(23-39)36-34(44-24-35-14-7-16-41(35)17-8-15-35)37-33(28)40-19-20-42-27(22-40)21-31(38-42)45(2,3)43/h5-6,9-12,21H,4,7-8,13-20,22-24H2,1-3H3. The molecule has 0 amide bonds. The summed E-state index contributed by atoms with van der Waals surface area (Å²) in [7, 11) is -2.44. The van der Waals surface area contributed by atoms with E-state index in [9.17, 15) is 4.57 Å². The van der Waals surface area contributed by atoms with Crippen LogP contribution in [0.15, 0.2) is 42.5 Å². The highest BCUT2D eigenvalue weighted by Crippen LogP contribution is 2.40. The van der Waals surface area contributed by atoms with Gasteiger partial charge in [0, 0.05) is 29.7 Å². The van der Waals surface area contributed by atoms with Crippen LogP contribution in [0.25, 0.3) is 10.8 Å². The lowest BCUT2D eigenvalue weighted by Gasteiger charge is -2.36. The molecule has 8 rings (SSSR count). The highest BCUT2D eigenvalue weighted by atomic mass is 31.2. The minimum Gasteiger partial charge on any atom is -0.461 e. The van der Waals surface area contributed by atoms with Gasteiger partial charge >= 0.3 is 6.01 Å². The van der Waals surface area contributed by atoms with Gasteiger partial charge in [-0.2, -0.15) is 15.1 Å². The lowest BCUT2D eigenvalue weighted by molar-refractivity contribution is 0.107. The molecule has 0 N–H and O–H groups in total. The Balaban J connectivity index is 1.15. The Labute approximate surface area is 266 Å². The van der Waals surface area contributed by atoms with Crippen LogP contribution in [0.4, 0.5) is 11.5 Å². The van der Waals surface area contributed by atoms with E-state index < -0.39 is 7.14 Å². The van der Waals surface area contributed by atoms with E-state index in [1.807, 2.05) is 10.7 Å². The number of rotatable bonds is 7. The van der Waals surface area contributed by atoms with Gasteiger partial charge in [-0.1, -0.05) is 37.3 Å². The molecule has 4 aromatic rings. The van der Waals surface area contributed by atoms with Crippen LogP contribution < -0.4 is 20.0 Å². The minimum absolute atomic E-state index is 0.132. The topological polar surface area (TPSA) is 79.6 Å². The van der Waals surface area contributed by atoms with Gasteiger partial charge in [0.05, 0.1) is 36.6 Å². The second kappa shape index (κ2) is 11.1. The minimum atomic E-state index is -2.44. The molecule has 2 saturated heterocycles. The Morgan fingerprint density at radius 2 is 1.73 bits per heavy atom. The summed E-state index contributed by atoms with van der Waals surface area (Å²) in [6.07, 6.45) is 6.73. The summed E-state index contributed by atoms with van der Waals surface area (Å²) in [5.74, 6) is 0.985. The van der Waals surface area contributed by atoms with Crippen molar-refractivity contribution >= 4 is 34.9 Å². The van der Waals surface area contributed by atoms with Crippen LogP contribution in [-0.2, 0) is 37.0 Å². The quantitative estimate of drug-likeness (QED) is 0.259. The van der Waals surface area contributed by atoms with E-state index in [1.165, 1.54) is 66.4 Å². The molecule has 4 aliphatic heterocycles. The lowest BCUT2D eigenvalue weighted by Crippen LogP contribution is -2.43. The lowest BCUT2D eigenvalue weighted by atomic mass is 9.95. The molecule has 45 heavy (non-hydrogen) atoms. The molecule has 10 heteroatoms. The molecule has 2 aromatic carbocycles. The molecule has 4 aliphatic rings. The zero-order valence-corrected chi connectivity index (χ0v) is 27.7. The Morgan fingerprint density at radius 3 is 2.51 bits per heavy atom. The number of hydrogen-bond donors (Lipinski definition) is 0. The largest absolute Gasteiger partial charge is 0.461 e. The molecule has 0 saturated carbocycles. The normalized spacial score (nSPS) is 19.5. The Bertz CT molecular complexity index is 1800. The third-order valence-corrected chi connectivity index (χ3v) is 12.0. The number of fused-ring (bicyclic) bond motifs is 4. The number of aromatic nitrogens is 4. The molecule has 0 bridgehead atoms. The zero-order chi connectivity index (χ0) is 30.8. The van der Waals surface area contributed by atoms with Gasteiger partial charge in [-0.25, -0.2) is 0 Å². The van der Waals surface area contributed by atoms with Gasteiger partial charge in [0.2, 0.25) is 0 Å². The summed E-state index contributed by atoms with van der Waals surface area (Å²) in [6, 6.07) is 15.8. The summed E-state index contributed by atoms with van der Waals surface area (Å²) in [5, 5.41) is 7.34. The fourth-order valence-electron chi connectivity index (χ4n) is 8.23. The zero-order valence-electron chi connectivity index (χ0n) is 26.8. The van der Waals surface area contributed by atoms with Crippen molar-refractivity contribution in [1.29, 1.82) is 0 Å². The van der Waals surface area contributed by atoms with Crippen molar-refractivity contribution in [3.05, 3.63) is 65.0 Å². The molecule has 6 heterocycles. The Hall–Kier alpha value is -3.42. The maximum atomic E-state index is 12.8. The van der Waals surface area contributed by atoms with E-state index in [1.54, 1.807) is 13.3 Å². The van der Waals surface area contributed by atoms with Crippen LogP contribution in [-0.4, -0.2) is 76.3 Å². The highest BCUT2D eigenvalue weighted by Gasteiger charge is 2.45. The number of benzene rings is 2. The Kier molecular flexibility index (Phi) is 7.18. The summed E-state index contributed by atoms with van der Waals surface area (Å²) in [4.78, 5) is 17.8. The van der Waals surface area contributed by atoms with Crippen molar-refractivity contribution in [1.82, 2.24) is 24.6 Å². The molecule has 9 nitrogen and oxygen atoms in total. The first-order valence-corrected chi connectivity index (χ1v) is 19.3. The fourth-order valence-corrected chi connectivity index (χ4v) is 9.01. The smallest absolute Gasteiger partial charge is 0.318 e. The first-order chi connectivity index (χ1) is 21.8. The molecule has 0 radical (unpaired) electrons. The van der Waals surface area contributed by atoms with Gasteiger partial charge in [-0.15, -0.1) is 0 Å². The van der Waals surface area contributed by atoms with Gasteiger partial charge in [0.25, 0.3) is 0 Å². The van der Waals surface area contributed by atoms with Crippen LogP contribution in [0, 0.1) is 0 Å². The van der Waals surface area contributed by atoms with Gasteiger partial charge in [-0.3, -0.25) is 9.58 Å². The summed E-state index contributed by atoms with van der Waals surface area (Å²) in [5.41, 5.74) is 6.87. The van der Waals surface area contributed by atoms with Gasteiger partial charge in [-0.05, 0) is 88.0 Å². The van der Waals surface area contributed by atoms with Crippen LogP contribution in [0.5, 0.6) is 6.01 Å². The van der Waals surface area contributed by atoms with E-state index in [-0.39, 0.29) is 5.54 Å². The van der Waals surface area contributed by atoms with E-state index in [2.05, 4.69) is 58.0 Å². The van der Waals surface area contributed by atoms with Crippen molar-refractivity contribution in [3.63, 3.8) is 0 Å². The van der Waals surface area contributed by atoms with E-state index in [0.29, 0.717) is 24.6 Å². The molecular weight excluding hydrogens is 581 g/mol. The average Bonchev–Trinajstić information content (AvgIpc) is 3.76. The van der Waals surface area contributed by atoms with Crippen molar-refractivity contribution in [2.45, 2.75) is 70.6 Å². The summed E-state index contributed by atoms with van der Waals surface area (Å²) in [6.45, 7) is 12.7. The number of hydrogen-bond acceptors (Lipinski definition) is 8. The number of anilines is 2.